The van der Waals surface area contributed by atoms with Gasteiger partial charge in [0, 0.05) is 18.2 Å². The van der Waals surface area contributed by atoms with Crippen molar-refractivity contribution in [1.82, 2.24) is 10.2 Å². The number of ether oxygens (including phenoxy) is 2. The molecule has 3 rings (SSSR count). The Bertz CT molecular complexity index is 733. The molecule has 138 valence electrons. The van der Waals surface area contributed by atoms with Crippen LogP contribution in [0, 0.1) is 0 Å². The fourth-order valence-corrected chi connectivity index (χ4v) is 3.50. The van der Waals surface area contributed by atoms with Gasteiger partial charge in [0.25, 0.3) is 0 Å². The number of hydrogen-bond donors (Lipinski definition) is 1. The smallest absolute Gasteiger partial charge is 0.234 e. The largest absolute Gasteiger partial charge is 0.497 e. The standard InChI is InChI=1S/C21H26N2O3/c1-25-17-10-11-20(26-2)18(13-17)19-9-6-12-23(19)15-21(24)22-14-16-7-4-3-5-8-16/h3-5,7-8,10-11,13,19H,6,9,12,14-15H2,1-2H3,(H,22,24). The highest BCUT2D eigenvalue weighted by atomic mass is 16.5. The highest BCUT2D eigenvalue weighted by Crippen LogP contribution is 2.38. The Morgan fingerprint density at radius 2 is 1.96 bits per heavy atom. The Morgan fingerprint density at radius 3 is 2.69 bits per heavy atom. The van der Waals surface area contributed by atoms with Crippen molar-refractivity contribution in [2.45, 2.75) is 25.4 Å². The monoisotopic (exact) mass is 354 g/mol. The van der Waals surface area contributed by atoms with E-state index >= 15 is 0 Å². The average molecular weight is 354 g/mol. The number of rotatable bonds is 7. The van der Waals surface area contributed by atoms with Gasteiger partial charge < -0.3 is 14.8 Å². The van der Waals surface area contributed by atoms with Gasteiger partial charge >= 0.3 is 0 Å². The molecular formula is C21H26N2O3. The lowest BCUT2D eigenvalue weighted by Crippen LogP contribution is -2.36. The first-order valence-electron chi connectivity index (χ1n) is 8.98. The van der Waals surface area contributed by atoms with Gasteiger partial charge in [-0.15, -0.1) is 0 Å². The highest BCUT2D eigenvalue weighted by Gasteiger charge is 2.30. The summed E-state index contributed by atoms with van der Waals surface area (Å²) in [5, 5.41) is 3.01. The van der Waals surface area contributed by atoms with Crippen molar-refractivity contribution in [1.29, 1.82) is 0 Å². The van der Waals surface area contributed by atoms with E-state index in [4.69, 9.17) is 9.47 Å². The van der Waals surface area contributed by atoms with Crippen LogP contribution in [0.3, 0.4) is 0 Å². The quantitative estimate of drug-likeness (QED) is 0.830. The molecule has 1 saturated heterocycles. The van der Waals surface area contributed by atoms with E-state index in [1.807, 2.05) is 48.5 Å². The van der Waals surface area contributed by atoms with E-state index in [1.54, 1.807) is 14.2 Å². The molecular weight excluding hydrogens is 328 g/mol. The number of carbonyl (C=O) groups excluding carboxylic acids is 1. The summed E-state index contributed by atoms with van der Waals surface area (Å²) in [6.45, 7) is 1.85. The second-order valence-electron chi connectivity index (χ2n) is 6.50. The molecule has 0 saturated carbocycles. The predicted molar refractivity (Wildman–Crippen MR) is 101 cm³/mol. The molecule has 0 spiro atoms. The number of amides is 1. The molecule has 2 aromatic carbocycles. The van der Waals surface area contributed by atoms with Crippen LogP contribution in [0.15, 0.2) is 48.5 Å². The van der Waals surface area contributed by atoms with Crippen molar-refractivity contribution in [2.75, 3.05) is 27.3 Å². The first-order valence-corrected chi connectivity index (χ1v) is 8.98. The lowest BCUT2D eigenvalue weighted by Gasteiger charge is -2.26. The summed E-state index contributed by atoms with van der Waals surface area (Å²) in [5.74, 6) is 1.69. The van der Waals surface area contributed by atoms with Gasteiger partial charge in [-0.25, -0.2) is 0 Å². The summed E-state index contributed by atoms with van der Waals surface area (Å²) < 4.78 is 10.9. The summed E-state index contributed by atoms with van der Waals surface area (Å²) >= 11 is 0. The van der Waals surface area contributed by atoms with Crippen molar-refractivity contribution in [3.63, 3.8) is 0 Å². The molecule has 0 aliphatic carbocycles. The van der Waals surface area contributed by atoms with E-state index in [0.717, 1.165) is 42.0 Å². The fourth-order valence-electron chi connectivity index (χ4n) is 3.50. The van der Waals surface area contributed by atoms with E-state index in [1.165, 1.54) is 0 Å². The van der Waals surface area contributed by atoms with Crippen molar-refractivity contribution in [3.8, 4) is 11.5 Å². The summed E-state index contributed by atoms with van der Waals surface area (Å²) in [6, 6.07) is 16.0. The summed E-state index contributed by atoms with van der Waals surface area (Å²) in [4.78, 5) is 14.6. The van der Waals surface area contributed by atoms with Crippen LogP contribution in [0.2, 0.25) is 0 Å². The summed E-state index contributed by atoms with van der Waals surface area (Å²) in [6.07, 6.45) is 2.08. The topological polar surface area (TPSA) is 50.8 Å². The van der Waals surface area contributed by atoms with E-state index in [-0.39, 0.29) is 11.9 Å². The van der Waals surface area contributed by atoms with Crippen LogP contribution in [-0.4, -0.2) is 38.1 Å². The number of nitrogens with zero attached hydrogens (tertiary/aromatic N) is 1. The van der Waals surface area contributed by atoms with Crippen LogP contribution in [0.25, 0.3) is 0 Å². The van der Waals surface area contributed by atoms with Crippen LogP contribution >= 0.6 is 0 Å². The van der Waals surface area contributed by atoms with E-state index in [9.17, 15) is 4.79 Å². The molecule has 5 nitrogen and oxygen atoms in total. The Kier molecular flexibility index (Phi) is 6.12. The third-order valence-corrected chi connectivity index (χ3v) is 4.84. The molecule has 1 N–H and O–H groups in total. The van der Waals surface area contributed by atoms with Gasteiger partial charge in [0.15, 0.2) is 0 Å². The zero-order chi connectivity index (χ0) is 18.4. The Balaban J connectivity index is 1.65. The molecule has 1 heterocycles. The minimum Gasteiger partial charge on any atom is -0.497 e. The van der Waals surface area contributed by atoms with E-state index in [0.29, 0.717) is 13.1 Å². The molecule has 0 aromatic heterocycles. The van der Waals surface area contributed by atoms with Crippen LogP contribution in [0.5, 0.6) is 11.5 Å². The van der Waals surface area contributed by atoms with Crippen LogP contribution in [0.1, 0.15) is 30.0 Å². The van der Waals surface area contributed by atoms with Gasteiger partial charge in [0.1, 0.15) is 11.5 Å². The summed E-state index contributed by atoms with van der Waals surface area (Å²) in [5.41, 5.74) is 2.19. The number of methoxy groups -OCH3 is 2. The minimum atomic E-state index is 0.0441. The molecule has 0 bridgehead atoms. The lowest BCUT2D eigenvalue weighted by molar-refractivity contribution is -0.122. The van der Waals surface area contributed by atoms with Crippen LogP contribution in [-0.2, 0) is 11.3 Å². The molecule has 1 unspecified atom stereocenters. The van der Waals surface area contributed by atoms with Gasteiger partial charge in [-0.3, -0.25) is 9.69 Å². The van der Waals surface area contributed by atoms with Crippen LogP contribution in [0.4, 0.5) is 0 Å². The molecule has 26 heavy (non-hydrogen) atoms. The van der Waals surface area contributed by atoms with E-state index < -0.39 is 0 Å². The number of carbonyl (C=O) groups is 1. The zero-order valence-electron chi connectivity index (χ0n) is 15.4. The summed E-state index contributed by atoms with van der Waals surface area (Å²) in [7, 11) is 3.34. The third kappa shape index (κ3) is 4.35. The number of hydrogen-bond acceptors (Lipinski definition) is 4. The van der Waals surface area contributed by atoms with Gasteiger partial charge in [0.2, 0.25) is 5.91 Å². The molecule has 1 aliphatic heterocycles. The maximum atomic E-state index is 12.4. The maximum absolute atomic E-state index is 12.4. The zero-order valence-corrected chi connectivity index (χ0v) is 15.4. The maximum Gasteiger partial charge on any atom is 0.234 e. The van der Waals surface area contributed by atoms with E-state index in [2.05, 4.69) is 10.2 Å². The Labute approximate surface area is 154 Å². The molecule has 0 radical (unpaired) electrons. The van der Waals surface area contributed by atoms with Crippen molar-refractivity contribution in [3.05, 3.63) is 59.7 Å². The average Bonchev–Trinajstić information content (AvgIpc) is 3.14. The van der Waals surface area contributed by atoms with Crippen LogP contribution < -0.4 is 14.8 Å². The third-order valence-electron chi connectivity index (χ3n) is 4.84. The van der Waals surface area contributed by atoms with Gasteiger partial charge in [-0.1, -0.05) is 30.3 Å². The van der Waals surface area contributed by atoms with Crippen molar-refractivity contribution >= 4 is 5.91 Å². The second-order valence-corrected chi connectivity index (χ2v) is 6.50. The fraction of sp³-hybridized carbons (Fsp3) is 0.381. The lowest BCUT2D eigenvalue weighted by atomic mass is 10.0. The predicted octanol–water partition coefficient (Wildman–Crippen LogP) is 3.16. The minimum absolute atomic E-state index is 0.0441. The molecule has 1 amide bonds. The van der Waals surface area contributed by atoms with Crippen molar-refractivity contribution in [2.24, 2.45) is 0 Å². The second kappa shape index (κ2) is 8.72. The molecule has 1 atom stereocenters. The number of nitrogens with one attached hydrogen (secondary N) is 1. The number of likely N-dealkylation sites (tertiary alicyclic amines) is 1. The highest BCUT2D eigenvalue weighted by molar-refractivity contribution is 5.78. The molecule has 2 aromatic rings. The van der Waals surface area contributed by atoms with Gasteiger partial charge in [-0.05, 0) is 43.1 Å². The molecule has 5 heteroatoms. The van der Waals surface area contributed by atoms with Crippen molar-refractivity contribution < 1.29 is 14.3 Å². The normalized spacial score (nSPS) is 17.1. The Morgan fingerprint density at radius 1 is 1.15 bits per heavy atom. The van der Waals surface area contributed by atoms with Gasteiger partial charge in [-0.2, -0.15) is 0 Å². The molecule has 1 fully saturated rings. The first kappa shape index (κ1) is 18.3. The first-order chi connectivity index (χ1) is 12.7. The van der Waals surface area contributed by atoms with Gasteiger partial charge in [0.05, 0.1) is 20.8 Å². The Hall–Kier alpha value is -2.53. The number of benzene rings is 2. The SMILES string of the molecule is COc1ccc(OC)c(C2CCCN2CC(=O)NCc2ccccc2)c1. The molecule has 1 aliphatic rings.